The standard InChI is InChI=1S/C23H29Cl2N3O4S/c1-6-26-23(30)17(4)27(13-18-8-9-19(24)20(25)12-18)22(29)14-28(33(5,31)32)21-10-7-15(2)11-16(21)3/h7-12,17H,6,13-14H2,1-5H3,(H,26,30)/t17-/m1/s1. The summed E-state index contributed by atoms with van der Waals surface area (Å²) < 4.78 is 26.3. The van der Waals surface area contributed by atoms with Crippen LogP contribution in [0.3, 0.4) is 0 Å². The molecule has 0 saturated heterocycles. The number of nitrogens with zero attached hydrogens (tertiary/aromatic N) is 2. The van der Waals surface area contributed by atoms with Crippen LogP contribution in [0, 0.1) is 13.8 Å². The summed E-state index contributed by atoms with van der Waals surface area (Å²) in [5, 5.41) is 3.39. The highest BCUT2D eigenvalue weighted by Gasteiger charge is 2.30. The van der Waals surface area contributed by atoms with Gasteiger partial charge in [0.2, 0.25) is 21.8 Å². The zero-order valence-electron chi connectivity index (χ0n) is 19.4. The number of amides is 2. The van der Waals surface area contributed by atoms with Crippen molar-refractivity contribution in [3.63, 3.8) is 0 Å². The molecule has 0 spiro atoms. The van der Waals surface area contributed by atoms with Crippen LogP contribution in [0.4, 0.5) is 5.69 Å². The van der Waals surface area contributed by atoms with E-state index in [9.17, 15) is 18.0 Å². The lowest BCUT2D eigenvalue weighted by molar-refractivity contribution is -0.139. The SMILES string of the molecule is CCNC(=O)[C@@H](C)N(Cc1ccc(Cl)c(Cl)c1)C(=O)CN(c1ccc(C)cc1C)S(C)(=O)=O. The minimum absolute atomic E-state index is 0.0541. The fourth-order valence-electron chi connectivity index (χ4n) is 3.42. The number of sulfonamides is 1. The summed E-state index contributed by atoms with van der Waals surface area (Å²) in [4.78, 5) is 27.3. The predicted molar refractivity (Wildman–Crippen MR) is 133 cm³/mol. The highest BCUT2D eigenvalue weighted by Crippen LogP contribution is 2.26. The molecule has 0 aliphatic carbocycles. The van der Waals surface area contributed by atoms with E-state index in [4.69, 9.17) is 23.2 Å². The first-order chi connectivity index (χ1) is 15.3. The Kier molecular flexibility index (Phi) is 9.17. The monoisotopic (exact) mass is 513 g/mol. The lowest BCUT2D eigenvalue weighted by Gasteiger charge is -2.32. The number of benzene rings is 2. The molecule has 0 unspecified atom stereocenters. The Hall–Kier alpha value is -2.29. The Morgan fingerprint density at radius 3 is 2.27 bits per heavy atom. The van der Waals surface area contributed by atoms with Crippen LogP contribution in [0.5, 0.6) is 0 Å². The summed E-state index contributed by atoms with van der Waals surface area (Å²) in [6.07, 6.45) is 1.05. The summed E-state index contributed by atoms with van der Waals surface area (Å²) in [7, 11) is -3.78. The van der Waals surface area contributed by atoms with Gasteiger partial charge in [-0.25, -0.2) is 8.42 Å². The molecule has 2 aromatic carbocycles. The maximum atomic E-state index is 13.4. The third-order valence-corrected chi connectivity index (χ3v) is 7.02. The molecule has 1 atom stereocenters. The van der Waals surface area contributed by atoms with Crippen molar-refractivity contribution in [3.8, 4) is 0 Å². The average molecular weight is 514 g/mol. The Balaban J connectivity index is 2.43. The smallest absolute Gasteiger partial charge is 0.244 e. The van der Waals surface area contributed by atoms with Crippen molar-refractivity contribution in [2.45, 2.75) is 40.3 Å². The van der Waals surface area contributed by atoms with E-state index in [1.54, 1.807) is 51.1 Å². The van der Waals surface area contributed by atoms with Gasteiger partial charge in [0.05, 0.1) is 22.0 Å². The molecule has 180 valence electrons. The van der Waals surface area contributed by atoms with Crippen LogP contribution in [0.15, 0.2) is 36.4 Å². The van der Waals surface area contributed by atoms with Gasteiger partial charge in [0.15, 0.2) is 0 Å². The van der Waals surface area contributed by atoms with Crippen molar-refractivity contribution in [1.29, 1.82) is 0 Å². The highest BCUT2D eigenvalue weighted by atomic mass is 35.5. The van der Waals surface area contributed by atoms with Crippen molar-refractivity contribution in [2.75, 3.05) is 23.7 Å². The first-order valence-corrected chi connectivity index (χ1v) is 13.0. The van der Waals surface area contributed by atoms with E-state index in [-0.39, 0.29) is 12.5 Å². The van der Waals surface area contributed by atoms with E-state index < -0.39 is 28.5 Å². The molecule has 7 nitrogen and oxygen atoms in total. The van der Waals surface area contributed by atoms with Crippen LogP contribution in [-0.2, 0) is 26.2 Å². The van der Waals surface area contributed by atoms with E-state index in [2.05, 4.69) is 5.32 Å². The maximum absolute atomic E-state index is 13.4. The van der Waals surface area contributed by atoms with Crippen molar-refractivity contribution >= 4 is 50.7 Å². The van der Waals surface area contributed by atoms with Gasteiger partial charge in [0, 0.05) is 13.1 Å². The molecule has 2 rings (SSSR count). The van der Waals surface area contributed by atoms with E-state index in [0.29, 0.717) is 27.8 Å². The van der Waals surface area contributed by atoms with Gasteiger partial charge in [-0.2, -0.15) is 0 Å². The number of hydrogen-bond donors (Lipinski definition) is 1. The molecule has 0 aliphatic rings. The van der Waals surface area contributed by atoms with Crippen LogP contribution in [0.2, 0.25) is 10.0 Å². The molecule has 0 saturated carbocycles. The first kappa shape index (κ1) is 27.0. The number of aryl methyl sites for hydroxylation is 2. The Morgan fingerprint density at radius 1 is 1.06 bits per heavy atom. The number of nitrogens with one attached hydrogen (secondary N) is 1. The number of rotatable bonds is 9. The van der Waals surface area contributed by atoms with Gasteiger partial charge in [-0.1, -0.05) is 47.0 Å². The minimum Gasteiger partial charge on any atom is -0.355 e. The van der Waals surface area contributed by atoms with Crippen molar-refractivity contribution in [3.05, 3.63) is 63.1 Å². The topological polar surface area (TPSA) is 86.8 Å². The molecular formula is C23H29Cl2N3O4S. The normalized spacial score (nSPS) is 12.2. The number of carbonyl (C=O) groups is 2. The Morgan fingerprint density at radius 2 is 1.73 bits per heavy atom. The molecule has 1 N–H and O–H groups in total. The summed E-state index contributed by atoms with van der Waals surface area (Å²) in [5.74, 6) is -0.867. The van der Waals surface area contributed by atoms with Gasteiger partial charge in [-0.3, -0.25) is 13.9 Å². The number of halogens is 2. The molecule has 2 amide bonds. The lowest BCUT2D eigenvalue weighted by Crippen LogP contribution is -2.51. The summed E-state index contributed by atoms with van der Waals surface area (Å²) >= 11 is 12.1. The van der Waals surface area contributed by atoms with Crippen LogP contribution < -0.4 is 9.62 Å². The second-order valence-corrected chi connectivity index (χ2v) is 10.6. The third kappa shape index (κ3) is 7.09. The molecule has 33 heavy (non-hydrogen) atoms. The largest absolute Gasteiger partial charge is 0.355 e. The minimum atomic E-state index is -3.78. The fraction of sp³-hybridized carbons (Fsp3) is 0.391. The van der Waals surface area contributed by atoms with E-state index in [0.717, 1.165) is 21.7 Å². The number of hydrogen-bond acceptors (Lipinski definition) is 4. The Bertz CT molecular complexity index is 1140. The third-order valence-electron chi connectivity index (χ3n) is 5.16. The molecule has 0 bridgehead atoms. The van der Waals surface area contributed by atoms with Crippen molar-refractivity contribution < 1.29 is 18.0 Å². The summed E-state index contributed by atoms with van der Waals surface area (Å²) in [5.41, 5.74) is 2.77. The zero-order valence-corrected chi connectivity index (χ0v) is 21.7. The van der Waals surface area contributed by atoms with Crippen LogP contribution in [-0.4, -0.2) is 50.5 Å². The number of likely N-dealkylation sites (N-methyl/N-ethyl adjacent to an activating group) is 1. The van der Waals surface area contributed by atoms with Gasteiger partial charge in [0.1, 0.15) is 12.6 Å². The van der Waals surface area contributed by atoms with E-state index >= 15 is 0 Å². The summed E-state index contributed by atoms with van der Waals surface area (Å²) in [6.45, 7) is 7.07. The molecular weight excluding hydrogens is 485 g/mol. The van der Waals surface area contributed by atoms with Gasteiger partial charge >= 0.3 is 0 Å². The lowest BCUT2D eigenvalue weighted by atomic mass is 10.1. The van der Waals surface area contributed by atoms with Crippen LogP contribution in [0.1, 0.15) is 30.5 Å². The molecule has 2 aromatic rings. The molecule has 0 fully saturated rings. The first-order valence-electron chi connectivity index (χ1n) is 10.4. The summed E-state index contributed by atoms with van der Waals surface area (Å²) in [6, 6.07) is 9.41. The molecule has 0 aliphatic heterocycles. The van der Waals surface area contributed by atoms with Gasteiger partial charge in [-0.15, -0.1) is 0 Å². The van der Waals surface area contributed by atoms with Crippen LogP contribution >= 0.6 is 23.2 Å². The number of carbonyl (C=O) groups excluding carboxylic acids is 2. The van der Waals surface area contributed by atoms with Crippen molar-refractivity contribution in [2.24, 2.45) is 0 Å². The molecule has 0 heterocycles. The van der Waals surface area contributed by atoms with Gasteiger partial charge < -0.3 is 10.2 Å². The van der Waals surface area contributed by atoms with E-state index in [1.807, 2.05) is 13.0 Å². The van der Waals surface area contributed by atoms with Gasteiger partial charge in [-0.05, 0) is 57.0 Å². The zero-order chi connectivity index (χ0) is 24.9. The molecule has 0 radical (unpaired) electrons. The maximum Gasteiger partial charge on any atom is 0.244 e. The molecule has 10 heteroatoms. The number of anilines is 1. The second kappa shape index (κ2) is 11.2. The molecule has 0 aromatic heterocycles. The van der Waals surface area contributed by atoms with Crippen LogP contribution in [0.25, 0.3) is 0 Å². The van der Waals surface area contributed by atoms with E-state index in [1.165, 1.54) is 4.90 Å². The van der Waals surface area contributed by atoms with Crippen molar-refractivity contribution in [1.82, 2.24) is 10.2 Å². The quantitative estimate of drug-likeness (QED) is 0.550. The highest BCUT2D eigenvalue weighted by molar-refractivity contribution is 7.92. The average Bonchev–Trinajstić information content (AvgIpc) is 2.72. The Labute approximate surface area is 205 Å². The predicted octanol–water partition coefficient (Wildman–Crippen LogP) is 3.93. The van der Waals surface area contributed by atoms with Gasteiger partial charge in [0.25, 0.3) is 0 Å². The second-order valence-electron chi connectivity index (χ2n) is 7.90. The fourth-order valence-corrected chi connectivity index (χ4v) is 4.65.